The van der Waals surface area contributed by atoms with E-state index < -0.39 is 5.97 Å². The molecule has 3 N–H and O–H groups in total. The maximum Gasteiger partial charge on any atom is 0.337 e. The van der Waals surface area contributed by atoms with Crippen LogP contribution in [0.25, 0.3) is 0 Å². The summed E-state index contributed by atoms with van der Waals surface area (Å²) < 4.78 is 0. The quantitative estimate of drug-likeness (QED) is 0.882. The highest BCUT2D eigenvalue weighted by Gasteiger charge is 2.12. The third kappa shape index (κ3) is 2.60. The second-order valence-corrected chi connectivity index (χ2v) is 4.70. The summed E-state index contributed by atoms with van der Waals surface area (Å²) in [5.41, 5.74) is 6.99. The Morgan fingerprint density at radius 3 is 3.00 bits per heavy atom. The van der Waals surface area contributed by atoms with Gasteiger partial charge in [-0.05, 0) is 28.5 Å². The van der Waals surface area contributed by atoms with Gasteiger partial charge in [0.2, 0.25) is 0 Å². The Morgan fingerprint density at radius 2 is 2.39 bits per heavy atom. The molecule has 94 valence electrons. The number of rotatable bonds is 4. The number of aromatic nitrogens is 1. The van der Waals surface area contributed by atoms with E-state index in [-0.39, 0.29) is 11.3 Å². The molecule has 0 aromatic carbocycles. The number of pyridine rings is 1. The zero-order valence-corrected chi connectivity index (χ0v) is 10.6. The first kappa shape index (κ1) is 12.4. The molecular formula is C12H13N3O2S. The van der Waals surface area contributed by atoms with Crippen molar-refractivity contribution in [3.8, 4) is 0 Å². The van der Waals surface area contributed by atoms with Gasteiger partial charge in [0, 0.05) is 13.6 Å². The highest BCUT2D eigenvalue weighted by molar-refractivity contribution is 7.07. The number of nitrogens with zero attached hydrogens (tertiary/aromatic N) is 2. The minimum atomic E-state index is -1.04. The average molecular weight is 263 g/mol. The minimum absolute atomic E-state index is 0.0807. The van der Waals surface area contributed by atoms with Crippen LogP contribution in [0, 0.1) is 0 Å². The van der Waals surface area contributed by atoms with Crippen molar-refractivity contribution in [2.75, 3.05) is 17.7 Å². The van der Waals surface area contributed by atoms with Crippen molar-refractivity contribution in [2.45, 2.75) is 6.54 Å². The number of carbonyl (C=O) groups is 1. The molecule has 0 fully saturated rings. The summed E-state index contributed by atoms with van der Waals surface area (Å²) in [6.45, 7) is 0.680. The molecule has 2 heterocycles. The molecule has 2 rings (SSSR count). The Bertz CT molecular complexity index is 554. The highest BCUT2D eigenvalue weighted by atomic mass is 32.1. The van der Waals surface area contributed by atoms with Crippen molar-refractivity contribution < 1.29 is 9.90 Å². The summed E-state index contributed by atoms with van der Waals surface area (Å²) in [4.78, 5) is 17.0. The normalized spacial score (nSPS) is 10.3. The third-order valence-corrected chi connectivity index (χ3v) is 3.27. The number of carboxylic acid groups (broad SMARTS) is 1. The predicted octanol–water partition coefficient (Wildman–Crippen LogP) is 2.06. The zero-order chi connectivity index (χ0) is 13.1. The van der Waals surface area contributed by atoms with Crippen LogP contribution in [0.5, 0.6) is 0 Å². The van der Waals surface area contributed by atoms with Gasteiger partial charge in [-0.1, -0.05) is 0 Å². The van der Waals surface area contributed by atoms with Crippen molar-refractivity contribution in [3.05, 3.63) is 40.2 Å². The molecule has 0 aliphatic rings. The van der Waals surface area contributed by atoms with E-state index in [4.69, 9.17) is 10.8 Å². The van der Waals surface area contributed by atoms with E-state index in [9.17, 15) is 4.79 Å². The van der Waals surface area contributed by atoms with Gasteiger partial charge in [-0.3, -0.25) is 0 Å². The van der Waals surface area contributed by atoms with Gasteiger partial charge in [-0.25, -0.2) is 9.78 Å². The molecule has 0 aliphatic heterocycles. The lowest BCUT2D eigenvalue weighted by Crippen LogP contribution is -2.18. The molecule has 0 atom stereocenters. The van der Waals surface area contributed by atoms with Gasteiger partial charge in [0.15, 0.2) is 0 Å². The summed E-state index contributed by atoms with van der Waals surface area (Å²) in [5, 5.41) is 13.1. The average Bonchev–Trinajstić information content (AvgIpc) is 2.81. The fourth-order valence-corrected chi connectivity index (χ4v) is 2.25. The van der Waals surface area contributed by atoms with Crippen LogP contribution in [-0.4, -0.2) is 23.1 Å². The Balaban J connectivity index is 2.22. The molecule has 6 heteroatoms. The highest BCUT2D eigenvalue weighted by Crippen LogP contribution is 2.19. The molecule has 18 heavy (non-hydrogen) atoms. The van der Waals surface area contributed by atoms with Gasteiger partial charge in [-0.2, -0.15) is 11.3 Å². The van der Waals surface area contributed by atoms with Crippen molar-refractivity contribution in [3.63, 3.8) is 0 Å². The van der Waals surface area contributed by atoms with Crippen LogP contribution in [0.4, 0.5) is 11.5 Å². The second-order valence-electron chi connectivity index (χ2n) is 3.92. The molecule has 2 aromatic rings. The van der Waals surface area contributed by atoms with Gasteiger partial charge in [0.05, 0.1) is 17.4 Å². The largest absolute Gasteiger partial charge is 0.478 e. The first-order chi connectivity index (χ1) is 8.58. The molecule has 0 saturated carbocycles. The predicted molar refractivity (Wildman–Crippen MR) is 72.0 cm³/mol. The lowest BCUT2D eigenvalue weighted by atomic mass is 10.2. The molecule has 0 aliphatic carbocycles. The van der Waals surface area contributed by atoms with Crippen LogP contribution in [0.3, 0.4) is 0 Å². The van der Waals surface area contributed by atoms with Crippen molar-refractivity contribution in [1.29, 1.82) is 0 Å². The number of thiophene rings is 1. The Labute approximate surface area is 108 Å². The van der Waals surface area contributed by atoms with Gasteiger partial charge in [-0.15, -0.1) is 0 Å². The lowest BCUT2D eigenvalue weighted by molar-refractivity contribution is 0.0698. The molecule has 0 saturated heterocycles. The van der Waals surface area contributed by atoms with Crippen molar-refractivity contribution >= 4 is 28.8 Å². The third-order valence-electron chi connectivity index (χ3n) is 2.54. The van der Waals surface area contributed by atoms with E-state index in [0.29, 0.717) is 12.4 Å². The summed E-state index contributed by atoms with van der Waals surface area (Å²) in [6, 6.07) is 3.51. The number of hydrogen-bond donors (Lipinski definition) is 2. The monoisotopic (exact) mass is 263 g/mol. The lowest BCUT2D eigenvalue weighted by Gasteiger charge is -2.18. The number of anilines is 2. The Kier molecular flexibility index (Phi) is 3.47. The molecule has 0 radical (unpaired) electrons. The van der Waals surface area contributed by atoms with E-state index in [1.54, 1.807) is 11.3 Å². The molecular weight excluding hydrogens is 250 g/mol. The van der Waals surface area contributed by atoms with E-state index in [0.717, 1.165) is 5.56 Å². The minimum Gasteiger partial charge on any atom is -0.478 e. The number of hydrogen-bond acceptors (Lipinski definition) is 5. The molecule has 0 bridgehead atoms. The van der Waals surface area contributed by atoms with E-state index in [1.807, 2.05) is 28.8 Å². The number of nitrogens with two attached hydrogens (primary N) is 1. The van der Waals surface area contributed by atoms with Crippen molar-refractivity contribution in [1.82, 2.24) is 4.98 Å². The van der Waals surface area contributed by atoms with Gasteiger partial charge in [0.1, 0.15) is 5.82 Å². The number of aromatic carboxylic acids is 1. The fourth-order valence-electron chi connectivity index (χ4n) is 1.59. The summed E-state index contributed by atoms with van der Waals surface area (Å²) in [7, 11) is 1.86. The van der Waals surface area contributed by atoms with E-state index in [2.05, 4.69) is 4.98 Å². The van der Waals surface area contributed by atoms with Crippen molar-refractivity contribution in [2.24, 2.45) is 0 Å². The Hall–Kier alpha value is -2.08. The van der Waals surface area contributed by atoms with E-state index in [1.165, 1.54) is 12.3 Å². The summed E-state index contributed by atoms with van der Waals surface area (Å²) in [6.07, 6.45) is 1.38. The maximum atomic E-state index is 11.0. The first-order valence-corrected chi connectivity index (χ1v) is 6.23. The smallest absolute Gasteiger partial charge is 0.337 e. The van der Waals surface area contributed by atoms with Crippen LogP contribution in [-0.2, 0) is 6.54 Å². The standard InChI is InChI=1S/C12H13N3O2S/c1-15(6-8-2-3-18-7-8)11-4-9(12(16)17)10(13)5-14-11/h2-5,7H,6,13H2,1H3,(H,16,17). The molecule has 0 unspecified atom stereocenters. The van der Waals surface area contributed by atoms with Gasteiger partial charge in [0.25, 0.3) is 0 Å². The summed E-state index contributed by atoms with van der Waals surface area (Å²) in [5.74, 6) is -0.451. The zero-order valence-electron chi connectivity index (χ0n) is 9.83. The van der Waals surface area contributed by atoms with Crippen LogP contribution in [0.15, 0.2) is 29.1 Å². The second kappa shape index (κ2) is 5.05. The molecule has 0 spiro atoms. The van der Waals surface area contributed by atoms with Gasteiger partial charge < -0.3 is 15.7 Å². The van der Waals surface area contributed by atoms with Gasteiger partial charge >= 0.3 is 5.97 Å². The molecule has 5 nitrogen and oxygen atoms in total. The fraction of sp³-hybridized carbons (Fsp3) is 0.167. The Morgan fingerprint density at radius 1 is 1.61 bits per heavy atom. The van der Waals surface area contributed by atoms with Crippen LogP contribution in [0.1, 0.15) is 15.9 Å². The maximum absolute atomic E-state index is 11.0. The van der Waals surface area contributed by atoms with Crippen LogP contribution in [0.2, 0.25) is 0 Å². The molecule has 2 aromatic heterocycles. The number of nitrogen functional groups attached to an aromatic ring is 1. The van der Waals surface area contributed by atoms with E-state index >= 15 is 0 Å². The molecule has 0 amide bonds. The topological polar surface area (TPSA) is 79.5 Å². The van der Waals surface area contributed by atoms with Crippen LogP contribution < -0.4 is 10.6 Å². The first-order valence-electron chi connectivity index (χ1n) is 5.29. The number of carboxylic acids is 1. The SMILES string of the molecule is CN(Cc1ccsc1)c1cc(C(=O)O)c(N)cn1. The van der Waals surface area contributed by atoms with Crippen LogP contribution >= 0.6 is 11.3 Å². The summed E-state index contributed by atoms with van der Waals surface area (Å²) >= 11 is 1.63.